The maximum Gasteiger partial charge on any atom is 0.256 e. The number of hydrogen-bond donors (Lipinski definition) is 2. The van der Waals surface area contributed by atoms with Gasteiger partial charge in [0.25, 0.3) is 5.56 Å². The Hall–Kier alpha value is -3.89. The Morgan fingerprint density at radius 3 is 2.61 bits per heavy atom. The molecule has 2 heterocycles. The molecule has 1 atom stereocenters. The third-order valence-corrected chi connectivity index (χ3v) is 5.51. The molecule has 4 rings (SSSR count). The number of ether oxygens (including phenoxy) is 3. The molecule has 168 valence electrons. The van der Waals surface area contributed by atoms with Crippen LogP contribution in [0.1, 0.15) is 35.2 Å². The lowest BCUT2D eigenvalue weighted by Gasteiger charge is -2.26. The van der Waals surface area contributed by atoms with Crippen molar-refractivity contribution in [2.24, 2.45) is 5.73 Å². The Morgan fingerprint density at radius 1 is 1.15 bits per heavy atom. The van der Waals surface area contributed by atoms with Crippen LogP contribution in [0.25, 0.3) is 0 Å². The molecule has 0 fully saturated rings. The summed E-state index contributed by atoms with van der Waals surface area (Å²) in [6.45, 7) is 4.35. The molecule has 1 aliphatic heterocycles. The average molecular weight is 464 g/mol. The fraction of sp³-hybridized carbons (Fsp3) is 0.200. The van der Waals surface area contributed by atoms with Crippen molar-refractivity contribution in [1.82, 2.24) is 4.98 Å². The average Bonchev–Trinajstić information content (AvgIpc) is 2.78. The quantitative estimate of drug-likeness (QED) is 0.555. The van der Waals surface area contributed by atoms with Crippen LogP contribution in [0, 0.1) is 18.3 Å². The van der Waals surface area contributed by atoms with Crippen molar-refractivity contribution in [1.29, 1.82) is 5.26 Å². The largest absolute Gasteiger partial charge is 0.490 e. The summed E-state index contributed by atoms with van der Waals surface area (Å²) < 4.78 is 17.4. The lowest BCUT2D eigenvalue weighted by atomic mass is 9.84. The molecule has 0 saturated carbocycles. The summed E-state index contributed by atoms with van der Waals surface area (Å²) in [4.78, 5) is 15.6. The molecule has 7 nitrogen and oxygen atoms in total. The van der Waals surface area contributed by atoms with Crippen molar-refractivity contribution in [3.05, 3.63) is 97.7 Å². The van der Waals surface area contributed by atoms with E-state index in [1.807, 2.05) is 19.1 Å². The van der Waals surface area contributed by atoms with Gasteiger partial charge in [0.05, 0.1) is 18.1 Å². The second-order valence-corrected chi connectivity index (χ2v) is 7.97. The van der Waals surface area contributed by atoms with Crippen LogP contribution in [0.5, 0.6) is 17.2 Å². The fourth-order valence-electron chi connectivity index (χ4n) is 3.77. The molecule has 0 unspecified atom stereocenters. The van der Waals surface area contributed by atoms with E-state index in [1.165, 1.54) is 0 Å². The van der Waals surface area contributed by atoms with E-state index in [4.69, 9.17) is 31.5 Å². The molecule has 0 saturated heterocycles. The van der Waals surface area contributed by atoms with E-state index in [2.05, 4.69) is 11.1 Å². The number of benzene rings is 2. The Balaban J connectivity index is 1.74. The zero-order valence-corrected chi connectivity index (χ0v) is 18.9. The first-order valence-electron chi connectivity index (χ1n) is 10.4. The van der Waals surface area contributed by atoms with Gasteiger partial charge in [-0.05, 0) is 49.2 Å². The van der Waals surface area contributed by atoms with Crippen LogP contribution in [0.3, 0.4) is 0 Å². The van der Waals surface area contributed by atoms with E-state index >= 15 is 0 Å². The number of pyridine rings is 1. The Labute approximate surface area is 196 Å². The number of allylic oxidation sites excluding steroid dienone is 1. The van der Waals surface area contributed by atoms with Crippen LogP contribution in [0.15, 0.2) is 64.8 Å². The number of aryl methyl sites for hydroxylation is 1. The number of H-pyrrole nitrogens is 1. The maximum atomic E-state index is 12.8. The summed E-state index contributed by atoms with van der Waals surface area (Å²) >= 11 is 5.95. The predicted molar refractivity (Wildman–Crippen MR) is 124 cm³/mol. The number of fused-ring (bicyclic) bond motifs is 1. The van der Waals surface area contributed by atoms with Gasteiger partial charge < -0.3 is 24.9 Å². The van der Waals surface area contributed by atoms with Crippen LogP contribution in [-0.2, 0) is 6.61 Å². The number of nitriles is 1. The number of nitrogens with zero attached hydrogens (tertiary/aromatic N) is 1. The van der Waals surface area contributed by atoms with Gasteiger partial charge in [-0.15, -0.1) is 0 Å². The first-order valence-corrected chi connectivity index (χ1v) is 10.7. The molecule has 0 spiro atoms. The van der Waals surface area contributed by atoms with Crippen LogP contribution in [0.2, 0.25) is 5.02 Å². The first-order chi connectivity index (χ1) is 15.9. The van der Waals surface area contributed by atoms with Crippen LogP contribution in [0.4, 0.5) is 0 Å². The highest BCUT2D eigenvalue weighted by Crippen LogP contribution is 2.42. The number of aromatic nitrogens is 1. The molecule has 1 aliphatic rings. The lowest BCUT2D eigenvalue weighted by Crippen LogP contribution is -2.28. The summed E-state index contributed by atoms with van der Waals surface area (Å²) in [5.74, 6) is 0.639. The second-order valence-electron chi connectivity index (χ2n) is 7.54. The number of aromatic amines is 1. The third-order valence-electron chi connectivity index (χ3n) is 5.26. The molecule has 3 N–H and O–H groups in total. The van der Waals surface area contributed by atoms with Gasteiger partial charge in [0.1, 0.15) is 24.0 Å². The zero-order chi connectivity index (χ0) is 23.5. The van der Waals surface area contributed by atoms with Crippen molar-refractivity contribution in [2.45, 2.75) is 26.4 Å². The minimum absolute atomic E-state index is 0.0268. The summed E-state index contributed by atoms with van der Waals surface area (Å²) in [5, 5.41) is 10.4. The normalized spacial score (nSPS) is 14.8. The van der Waals surface area contributed by atoms with E-state index < -0.39 is 5.92 Å². The highest BCUT2D eigenvalue weighted by molar-refractivity contribution is 6.30. The van der Waals surface area contributed by atoms with Crippen LogP contribution >= 0.6 is 11.6 Å². The highest BCUT2D eigenvalue weighted by atomic mass is 35.5. The van der Waals surface area contributed by atoms with Gasteiger partial charge in [0.2, 0.25) is 5.88 Å². The number of rotatable bonds is 6. The van der Waals surface area contributed by atoms with E-state index in [0.29, 0.717) is 52.3 Å². The van der Waals surface area contributed by atoms with Gasteiger partial charge in [-0.2, -0.15) is 5.26 Å². The first kappa shape index (κ1) is 22.3. The summed E-state index contributed by atoms with van der Waals surface area (Å²) in [6.07, 6.45) is 0. The van der Waals surface area contributed by atoms with E-state index in [1.54, 1.807) is 43.3 Å². The Bertz CT molecular complexity index is 1320. The molecule has 0 amide bonds. The molecule has 2 aromatic carbocycles. The summed E-state index contributed by atoms with van der Waals surface area (Å²) in [7, 11) is 0. The van der Waals surface area contributed by atoms with Crippen molar-refractivity contribution < 1.29 is 14.2 Å². The highest BCUT2D eigenvalue weighted by Gasteiger charge is 2.34. The van der Waals surface area contributed by atoms with Gasteiger partial charge >= 0.3 is 0 Å². The van der Waals surface area contributed by atoms with Gasteiger partial charge in [-0.1, -0.05) is 29.8 Å². The number of halogens is 1. The number of nitrogens with one attached hydrogen (secondary N) is 1. The fourth-order valence-corrected chi connectivity index (χ4v) is 3.90. The van der Waals surface area contributed by atoms with Gasteiger partial charge in [0.15, 0.2) is 11.5 Å². The number of hydrogen-bond acceptors (Lipinski definition) is 6. The summed E-state index contributed by atoms with van der Waals surface area (Å²) in [5.41, 5.74) is 8.43. The monoisotopic (exact) mass is 463 g/mol. The van der Waals surface area contributed by atoms with Crippen LogP contribution < -0.4 is 25.5 Å². The van der Waals surface area contributed by atoms with Crippen molar-refractivity contribution in [2.75, 3.05) is 6.61 Å². The van der Waals surface area contributed by atoms with Crippen molar-refractivity contribution in [3.8, 4) is 23.3 Å². The van der Waals surface area contributed by atoms with Crippen molar-refractivity contribution in [3.63, 3.8) is 0 Å². The summed E-state index contributed by atoms with van der Waals surface area (Å²) in [6, 6.07) is 16.5. The lowest BCUT2D eigenvalue weighted by molar-refractivity contribution is 0.269. The van der Waals surface area contributed by atoms with E-state index in [9.17, 15) is 10.1 Å². The minimum atomic E-state index is -0.701. The van der Waals surface area contributed by atoms with E-state index in [0.717, 1.165) is 5.56 Å². The standard InChI is InChI=1S/C25H22ClN3O4/c1-3-31-20-11-16(6-9-19(20)32-13-15-4-7-17(26)8-5-15)22-18(12-27)24(28)33-21-10-14(2)29-25(30)23(21)22/h4-11,22H,3,13,28H2,1-2H3,(H,29,30)/t22-/m0/s1. The van der Waals surface area contributed by atoms with Crippen molar-refractivity contribution >= 4 is 11.6 Å². The molecule has 1 aromatic heterocycles. The zero-order valence-electron chi connectivity index (χ0n) is 18.1. The van der Waals surface area contributed by atoms with Gasteiger partial charge in [-0.3, -0.25) is 4.79 Å². The molecule has 3 aromatic rings. The molecule has 0 radical (unpaired) electrons. The second kappa shape index (κ2) is 9.31. The molecule has 33 heavy (non-hydrogen) atoms. The Morgan fingerprint density at radius 2 is 1.91 bits per heavy atom. The topological polar surface area (TPSA) is 110 Å². The molecule has 8 heteroatoms. The smallest absolute Gasteiger partial charge is 0.256 e. The Kier molecular flexibility index (Phi) is 6.29. The van der Waals surface area contributed by atoms with Gasteiger partial charge in [0, 0.05) is 16.8 Å². The van der Waals surface area contributed by atoms with Crippen LogP contribution in [-0.4, -0.2) is 11.6 Å². The minimum Gasteiger partial charge on any atom is -0.490 e. The maximum absolute atomic E-state index is 12.8. The predicted octanol–water partition coefficient (Wildman–Crippen LogP) is 4.53. The van der Waals surface area contributed by atoms with Gasteiger partial charge in [-0.25, -0.2) is 0 Å². The molecule has 0 aliphatic carbocycles. The van der Waals surface area contributed by atoms with E-state index in [-0.39, 0.29) is 17.0 Å². The number of nitrogens with two attached hydrogens (primary N) is 1. The molecular weight excluding hydrogens is 442 g/mol. The molecule has 0 bridgehead atoms. The third kappa shape index (κ3) is 4.52. The SMILES string of the molecule is CCOc1cc([C@H]2C(C#N)=C(N)Oc3cc(C)[nH]c(=O)c32)ccc1OCc1ccc(Cl)cc1. The molecular formula is C25H22ClN3O4.